The SMILES string of the molecule is CCNC(=NCc1cccc(OC)c1)NCC1(CO)CC1. The summed E-state index contributed by atoms with van der Waals surface area (Å²) in [6.07, 6.45) is 2.18. The number of ether oxygens (including phenoxy) is 1. The van der Waals surface area contributed by atoms with E-state index in [1.54, 1.807) is 7.11 Å². The topological polar surface area (TPSA) is 65.9 Å². The quantitative estimate of drug-likeness (QED) is 0.526. The molecule has 3 N–H and O–H groups in total. The first-order chi connectivity index (χ1) is 10.2. The largest absolute Gasteiger partial charge is 0.497 e. The standard InChI is InChI=1S/C16H25N3O2/c1-3-17-15(19-11-16(12-20)7-8-16)18-10-13-5-4-6-14(9-13)21-2/h4-6,9,20H,3,7-8,10-12H2,1-2H3,(H2,17,18,19). The summed E-state index contributed by atoms with van der Waals surface area (Å²) < 4.78 is 5.22. The molecule has 1 aliphatic carbocycles. The van der Waals surface area contributed by atoms with Crippen LogP contribution >= 0.6 is 0 Å². The van der Waals surface area contributed by atoms with Gasteiger partial charge in [0.1, 0.15) is 5.75 Å². The maximum absolute atomic E-state index is 9.35. The molecule has 0 unspecified atom stereocenters. The molecular weight excluding hydrogens is 266 g/mol. The van der Waals surface area contributed by atoms with Gasteiger partial charge in [0.15, 0.2) is 5.96 Å². The maximum Gasteiger partial charge on any atom is 0.191 e. The molecule has 0 saturated heterocycles. The molecule has 0 aliphatic heterocycles. The Hall–Kier alpha value is -1.75. The molecule has 5 heteroatoms. The summed E-state index contributed by atoms with van der Waals surface area (Å²) in [4.78, 5) is 4.58. The zero-order valence-electron chi connectivity index (χ0n) is 12.9. The van der Waals surface area contributed by atoms with Gasteiger partial charge < -0.3 is 20.5 Å². The number of nitrogens with zero attached hydrogens (tertiary/aromatic N) is 1. The highest BCUT2D eigenvalue weighted by atomic mass is 16.5. The molecule has 0 amide bonds. The van der Waals surface area contributed by atoms with E-state index in [0.717, 1.165) is 43.2 Å². The Kier molecular flexibility index (Phi) is 5.44. The van der Waals surface area contributed by atoms with Crippen LogP contribution in [-0.4, -0.2) is 37.9 Å². The minimum absolute atomic E-state index is 0.0756. The Morgan fingerprint density at radius 1 is 1.38 bits per heavy atom. The van der Waals surface area contributed by atoms with Gasteiger partial charge in [-0.3, -0.25) is 0 Å². The van der Waals surface area contributed by atoms with Crippen molar-refractivity contribution in [3.8, 4) is 5.75 Å². The fourth-order valence-electron chi connectivity index (χ4n) is 2.12. The van der Waals surface area contributed by atoms with Crippen LogP contribution in [0.1, 0.15) is 25.3 Å². The van der Waals surface area contributed by atoms with Gasteiger partial charge in [0.05, 0.1) is 20.3 Å². The first kappa shape index (κ1) is 15.6. The van der Waals surface area contributed by atoms with E-state index in [9.17, 15) is 5.11 Å². The summed E-state index contributed by atoms with van der Waals surface area (Å²) in [6, 6.07) is 7.92. The highest BCUT2D eigenvalue weighted by Gasteiger charge is 2.41. The summed E-state index contributed by atoms with van der Waals surface area (Å²) in [5.41, 5.74) is 1.18. The highest BCUT2D eigenvalue weighted by molar-refractivity contribution is 5.79. The van der Waals surface area contributed by atoms with Crippen LogP contribution in [-0.2, 0) is 6.54 Å². The lowest BCUT2D eigenvalue weighted by molar-refractivity contribution is 0.212. The smallest absolute Gasteiger partial charge is 0.191 e. The number of nitrogens with one attached hydrogen (secondary N) is 2. The number of hydrogen-bond donors (Lipinski definition) is 3. The second-order valence-electron chi connectivity index (χ2n) is 5.56. The van der Waals surface area contributed by atoms with Crippen LogP contribution in [0.25, 0.3) is 0 Å². The lowest BCUT2D eigenvalue weighted by Gasteiger charge is -2.16. The molecule has 1 aliphatic rings. The summed E-state index contributed by atoms with van der Waals surface area (Å²) in [5, 5.41) is 15.9. The van der Waals surface area contributed by atoms with Gasteiger partial charge in [0.25, 0.3) is 0 Å². The molecule has 5 nitrogen and oxygen atoms in total. The molecule has 0 spiro atoms. The maximum atomic E-state index is 9.35. The highest BCUT2D eigenvalue weighted by Crippen LogP contribution is 2.44. The van der Waals surface area contributed by atoms with Crippen molar-refractivity contribution in [2.75, 3.05) is 26.8 Å². The predicted octanol–water partition coefficient (Wildman–Crippen LogP) is 1.52. The van der Waals surface area contributed by atoms with Crippen LogP contribution in [0, 0.1) is 5.41 Å². The summed E-state index contributed by atoms with van der Waals surface area (Å²) >= 11 is 0. The fourth-order valence-corrected chi connectivity index (χ4v) is 2.12. The molecule has 0 radical (unpaired) electrons. The normalized spacial score (nSPS) is 16.4. The summed E-state index contributed by atoms with van der Waals surface area (Å²) in [6.45, 7) is 4.47. The van der Waals surface area contributed by atoms with E-state index in [1.807, 2.05) is 31.2 Å². The van der Waals surface area contributed by atoms with Gasteiger partial charge in [-0.05, 0) is 37.5 Å². The molecule has 116 valence electrons. The Balaban J connectivity index is 1.93. The Bertz CT molecular complexity index is 484. The average Bonchev–Trinajstić information content (AvgIpc) is 3.31. The number of aliphatic hydroxyl groups is 1. The molecule has 0 atom stereocenters. The predicted molar refractivity (Wildman–Crippen MR) is 84.6 cm³/mol. The van der Waals surface area contributed by atoms with Crippen LogP contribution in [0.5, 0.6) is 5.75 Å². The zero-order chi connectivity index (χ0) is 15.1. The number of methoxy groups -OCH3 is 1. The third kappa shape index (κ3) is 4.63. The van der Waals surface area contributed by atoms with Crippen molar-refractivity contribution in [2.24, 2.45) is 10.4 Å². The molecule has 1 aromatic carbocycles. The third-order valence-corrected chi connectivity index (χ3v) is 3.82. The average molecular weight is 291 g/mol. The Morgan fingerprint density at radius 3 is 2.81 bits per heavy atom. The second-order valence-corrected chi connectivity index (χ2v) is 5.56. The molecule has 1 fully saturated rings. The number of aliphatic hydroxyl groups excluding tert-OH is 1. The summed E-state index contributed by atoms with van der Waals surface area (Å²) in [7, 11) is 1.66. The van der Waals surface area contributed by atoms with Crippen LogP contribution in [0.4, 0.5) is 0 Å². The van der Waals surface area contributed by atoms with Gasteiger partial charge in [0, 0.05) is 18.5 Å². The van der Waals surface area contributed by atoms with Gasteiger partial charge in [0.2, 0.25) is 0 Å². The van der Waals surface area contributed by atoms with Crippen molar-refractivity contribution in [1.82, 2.24) is 10.6 Å². The minimum Gasteiger partial charge on any atom is -0.497 e. The third-order valence-electron chi connectivity index (χ3n) is 3.82. The first-order valence-electron chi connectivity index (χ1n) is 7.47. The molecule has 2 rings (SSSR count). The monoisotopic (exact) mass is 291 g/mol. The van der Waals surface area contributed by atoms with E-state index in [0.29, 0.717) is 6.54 Å². The fraction of sp³-hybridized carbons (Fsp3) is 0.562. The second kappa shape index (κ2) is 7.31. The van der Waals surface area contributed by atoms with Crippen LogP contribution in [0.2, 0.25) is 0 Å². The lowest BCUT2D eigenvalue weighted by atomic mass is 10.1. The number of rotatable bonds is 7. The number of aliphatic imine (C=N–C) groups is 1. The molecule has 1 aromatic rings. The van der Waals surface area contributed by atoms with Gasteiger partial charge in [-0.2, -0.15) is 0 Å². The van der Waals surface area contributed by atoms with Crippen LogP contribution in [0.3, 0.4) is 0 Å². The van der Waals surface area contributed by atoms with E-state index >= 15 is 0 Å². The van der Waals surface area contributed by atoms with E-state index in [4.69, 9.17) is 4.74 Å². The number of benzene rings is 1. The van der Waals surface area contributed by atoms with Crippen molar-refractivity contribution < 1.29 is 9.84 Å². The molecule has 1 saturated carbocycles. The van der Waals surface area contributed by atoms with Gasteiger partial charge in [-0.1, -0.05) is 12.1 Å². The first-order valence-corrected chi connectivity index (χ1v) is 7.47. The van der Waals surface area contributed by atoms with Crippen molar-refractivity contribution in [1.29, 1.82) is 0 Å². The molecule has 0 heterocycles. The van der Waals surface area contributed by atoms with Crippen molar-refractivity contribution >= 4 is 5.96 Å². The molecule has 0 aromatic heterocycles. The number of hydrogen-bond acceptors (Lipinski definition) is 3. The van der Waals surface area contributed by atoms with Gasteiger partial charge >= 0.3 is 0 Å². The molecule has 0 bridgehead atoms. The lowest BCUT2D eigenvalue weighted by Crippen LogP contribution is -2.41. The van der Waals surface area contributed by atoms with Gasteiger partial charge in [-0.15, -0.1) is 0 Å². The number of guanidine groups is 1. The van der Waals surface area contributed by atoms with E-state index in [1.165, 1.54) is 0 Å². The Morgan fingerprint density at radius 2 is 2.19 bits per heavy atom. The van der Waals surface area contributed by atoms with E-state index in [-0.39, 0.29) is 12.0 Å². The minimum atomic E-state index is 0.0756. The zero-order valence-corrected chi connectivity index (χ0v) is 12.9. The Labute approximate surface area is 126 Å². The van der Waals surface area contributed by atoms with Crippen molar-refractivity contribution in [2.45, 2.75) is 26.3 Å². The van der Waals surface area contributed by atoms with Gasteiger partial charge in [-0.25, -0.2) is 4.99 Å². The molecule has 21 heavy (non-hydrogen) atoms. The van der Waals surface area contributed by atoms with E-state index < -0.39 is 0 Å². The summed E-state index contributed by atoms with van der Waals surface area (Å²) in [5.74, 6) is 1.64. The van der Waals surface area contributed by atoms with Crippen molar-refractivity contribution in [3.63, 3.8) is 0 Å². The van der Waals surface area contributed by atoms with Crippen molar-refractivity contribution in [3.05, 3.63) is 29.8 Å². The van der Waals surface area contributed by atoms with Crippen LogP contribution < -0.4 is 15.4 Å². The van der Waals surface area contributed by atoms with E-state index in [2.05, 4.69) is 15.6 Å². The van der Waals surface area contributed by atoms with Crippen LogP contribution in [0.15, 0.2) is 29.3 Å². The molecular formula is C16H25N3O2.